The van der Waals surface area contributed by atoms with Gasteiger partial charge in [0.15, 0.2) is 0 Å². The molecule has 1 fully saturated rings. The highest BCUT2D eigenvalue weighted by Gasteiger charge is 2.25. The second kappa shape index (κ2) is 5.59. The molecule has 1 N–H and O–H groups in total. The van der Waals surface area contributed by atoms with Crippen LogP contribution < -0.4 is 5.32 Å². The van der Waals surface area contributed by atoms with Gasteiger partial charge in [-0.2, -0.15) is 13.2 Å². The summed E-state index contributed by atoms with van der Waals surface area (Å²) in [4.78, 5) is 0. The second-order valence-corrected chi connectivity index (χ2v) is 4.05. The van der Waals surface area contributed by atoms with Crippen LogP contribution in [-0.4, -0.2) is 19.3 Å². The Balaban J connectivity index is 1.75. The first kappa shape index (κ1) is 11.8. The van der Waals surface area contributed by atoms with E-state index in [1.807, 2.05) is 0 Å². The van der Waals surface area contributed by atoms with Gasteiger partial charge in [0.1, 0.15) is 0 Å². The lowest BCUT2D eigenvalue weighted by Gasteiger charge is -2.06. The van der Waals surface area contributed by atoms with Crippen LogP contribution in [0.15, 0.2) is 0 Å². The quantitative estimate of drug-likeness (QED) is 0.635. The molecular formula is C10H18F3N. The maximum Gasteiger partial charge on any atom is 0.389 e. The minimum Gasteiger partial charge on any atom is -0.317 e. The number of nitrogens with one attached hydrogen (secondary N) is 1. The van der Waals surface area contributed by atoms with Crippen molar-refractivity contribution in [2.75, 3.05) is 13.1 Å². The van der Waals surface area contributed by atoms with Gasteiger partial charge in [-0.05, 0) is 38.3 Å². The maximum atomic E-state index is 11.7. The van der Waals surface area contributed by atoms with Crippen molar-refractivity contribution in [3.63, 3.8) is 0 Å². The van der Waals surface area contributed by atoms with Crippen molar-refractivity contribution in [3.05, 3.63) is 0 Å². The number of hydrogen-bond acceptors (Lipinski definition) is 1. The van der Waals surface area contributed by atoms with E-state index in [0.717, 1.165) is 18.9 Å². The minimum atomic E-state index is -3.99. The van der Waals surface area contributed by atoms with Gasteiger partial charge in [0.05, 0.1) is 0 Å². The van der Waals surface area contributed by atoms with Crippen LogP contribution in [0.4, 0.5) is 13.2 Å². The topological polar surface area (TPSA) is 12.0 Å². The number of alkyl halides is 3. The van der Waals surface area contributed by atoms with E-state index in [4.69, 9.17) is 0 Å². The Morgan fingerprint density at radius 3 is 2.29 bits per heavy atom. The largest absolute Gasteiger partial charge is 0.389 e. The van der Waals surface area contributed by atoms with Crippen molar-refractivity contribution < 1.29 is 13.2 Å². The molecule has 0 heterocycles. The summed E-state index contributed by atoms with van der Waals surface area (Å²) < 4.78 is 35.2. The molecule has 0 amide bonds. The van der Waals surface area contributed by atoms with Crippen LogP contribution in [0, 0.1) is 5.92 Å². The van der Waals surface area contributed by atoms with Crippen molar-refractivity contribution in [2.45, 2.75) is 44.7 Å². The van der Waals surface area contributed by atoms with E-state index < -0.39 is 12.6 Å². The van der Waals surface area contributed by atoms with E-state index in [-0.39, 0.29) is 6.42 Å². The minimum absolute atomic E-state index is 0.201. The summed E-state index contributed by atoms with van der Waals surface area (Å²) in [5.41, 5.74) is 0. The highest BCUT2D eigenvalue weighted by Crippen LogP contribution is 2.33. The predicted octanol–water partition coefficient (Wildman–Crippen LogP) is 3.11. The SMILES string of the molecule is FC(F)(F)CCCNCCCC1CC1. The van der Waals surface area contributed by atoms with E-state index >= 15 is 0 Å². The van der Waals surface area contributed by atoms with Crippen molar-refractivity contribution in [2.24, 2.45) is 5.92 Å². The molecule has 0 spiro atoms. The molecule has 0 bridgehead atoms. The Labute approximate surface area is 83.1 Å². The molecule has 1 nitrogen and oxygen atoms in total. The van der Waals surface area contributed by atoms with Gasteiger partial charge in [0.2, 0.25) is 0 Å². The number of rotatable bonds is 7. The van der Waals surface area contributed by atoms with Crippen molar-refractivity contribution in [1.29, 1.82) is 0 Å². The van der Waals surface area contributed by atoms with Gasteiger partial charge in [-0.15, -0.1) is 0 Å². The molecule has 0 aromatic rings. The van der Waals surface area contributed by atoms with E-state index in [2.05, 4.69) is 5.32 Å². The molecule has 1 saturated carbocycles. The standard InChI is InChI=1S/C10H18F3N/c11-10(12,13)6-2-8-14-7-1-3-9-4-5-9/h9,14H,1-8H2. The van der Waals surface area contributed by atoms with Crippen LogP contribution in [0.1, 0.15) is 38.5 Å². The molecular weight excluding hydrogens is 191 g/mol. The first-order valence-electron chi connectivity index (χ1n) is 5.35. The third-order valence-corrected chi connectivity index (χ3v) is 2.48. The number of hydrogen-bond donors (Lipinski definition) is 1. The molecule has 1 aliphatic rings. The summed E-state index contributed by atoms with van der Waals surface area (Å²) >= 11 is 0. The van der Waals surface area contributed by atoms with Gasteiger partial charge in [-0.1, -0.05) is 12.8 Å². The smallest absolute Gasteiger partial charge is 0.317 e. The lowest BCUT2D eigenvalue weighted by atomic mass is 10.2. The summed E-state index contributed by atoms with van der Waals surface area (Å²) in [5, 5.41) is 3.04. The summed E-state index contributed by atoms with van der Waals surface area (Å²) in [6.45, 7) is 1.36. The summed E-state index contributed by atoms with van der Waals surface area (Å²) in [7, 11) is 0. The van der Waals surface area contributed by atoms with Crippen LogP contribution in [0.2, 0.25) is 0 Å². The molecule has 0 atom stereocenters. The van der Waals surface area contributed by atoms with Gasteiger partial charge < -0.3 is 5.32 Å². The summed E-state index contributed by atoms with van der Waals surface area (Å²) in [5.74, 6) is 0.923. The molecule has 14 heavy (non-hydrogen) atoms. The van der Waals surface area contributed by atoms with Gasteiger partial charge >= 0.3 is 6.18 Å². The zero-order valence-electron chi connectivity index (χ0n) is 8.37. The van der Waals surface area contributed by atoms with Crippen LogP contribution in [0.25, 0.3) is 0 Å². The highest BCUT2D eigenvalue weighted by atomic mass is 19.4. The Kier molecular flexibility index (Phi) is 4.72. The van der Waals surface area contributed by atoms with Crippen molar-refractivity contribution in [3.8, 4) is 0 Å². The van der Waals surface area contributed by atoms with Crippen molar-refractivity contribution in [1.82, 2.24) is 5.32 Å². The normalized spacial score (nSPS) is 17.4. The number of halogens is 3. The zero-order chi connectivity index (χ0) is 10.4. The van der Waals surface area contributed by atoms with Crippen LogP contribution in [-0.2, 0) is 0 Å². The van der Waals surface area contributed by atoms with E-state index in [0.29, 0.717) is 6.54 Å². The van der Waals surface area contributed by atoms with Crippen LogP contribution in [0.3, 0.4) is 0 Å². The van der Waals surface area contributed by atoms with Crippen molar-refractivity contribution >= 4 is 0 Å². The monoisotopic (exact) mass is 209 g/mol. The molecule has 0 radical (unpaired) electrons. The lowest BCUT2D eigenvalue weighted by molar-refractivity contribution is -0.135. The molecule has 1 rings (SSSR count). The van der Waals surface area contributed by atoms with E-state index in [1.165, 1.54) is 19.3 Å². The molecule has 0 saturated heterocycles. The van der Waals surface area contributed by atoms with Crippen LogP contribution in [0.5, 0.6) is 0 Å². The Morgan fingerprint density at radius 1 is 1.07 bits per heavy atom. The highest BCUT2D eigenvalue weighted by molar-refractivity contribution is 4.72. The maximum absolute atomic E-state index is 11.7. The van der Waals surface area contributed by atoms with E-state index in [9.17, 15) is 13.2 Å². The van der Waals surface area contributed by atoms with Gasteiger partial charge in [0.25, 0.3) is 0 Å². The van der Waals surface area contributed by atoms with Gasteiger partial charge in [0, 0.05) is 6.42 Å². The molecule has 0 unspecified atom stereocenters. The Bertz CT molecular complexity index is 152. The zero-order valence-corrected chi connectivity index (χ0v) is 8.37. The lowest BCUT2D eigenvalue weighted by Crippen LogP contribution is -2.19. The molecule has 84 valence electrons. The fourth-order valence-electron chi connectivity index (χ4n) is 1.46. The average molecular weight is 209 g/mol. The first-order chi connectivity index (χ1) is 6.58. The summed E-state index contributed by atoms with van der Waals surface area (Å²) in [6, 6.07) is 0. The van der Waals surface area contributed by atoms with Gasteiger partial charge in [-0.3, -0.25) is 0 Å². The second-order valence-electron chi connectivity index (χ2n) is 4.05. The third-order valence-electron chi connectivity index (χ3n) is 2.48. The van der Waals surface area contributed by atoms with Crippen LogP contribution >= 0.6 is 0 Å². The molecule has 0 aromatic carbocycles. The molecule has 0 aromatic heterocycles. The molecule has 4 heteroatoms. The summed E-state index contributed by atoms with van der Waals surface area (Å²) in [6.07, 6.45) is 0.607. The fourth-order valence-corrected chi connectivity index (χ4v) is 1.46. The molecule has 1 aliphatic carbocycles. The fraction of sp³-hybridized carbons (Fsp3) is 1.00. The van der Waals surface area contributed by atoms with E-state index in [1.54, 1.807) is 0 Å². The first-order valence-corrected chi connectivity index (χ1v) is 5.35. The molecule has 0 aliphatic heterocycles. The third kappa shape index (κ3) is 7.18. The Hall–Kier alpha value is -0.250. The van der Waals surface area contributed by atoms with Gasteiger partial charge in [-0.25, -0.2) is 0 Å². The Morgan fingerprint density at radius 2 is 1.71 bits per heavy atom. The predicted molar refractivity (Wildman–Crippen MR) is 50.1 cm³/mol. The average Bonchev–Trinajstić information content (AvgIpc) is 2.84.